The lowest BCUT2D eigenvalue weighted by Crippen LogP contribution is -1.85. The van der Waals surface area contributed by atoms with Gasteiger partial charge >= 0.3 is 0 Å². The second kappa shape index (κ2) is 3.61. The third-order valence-electron chi connectivity index (χ3n) is 2.22. The van der Waals surface area contributed by atoms with E-state index in [1.165, 1.54) is 4.88 Å². The molecular weight excluding hydrogens is 222 g/mol. The van der Waals surface area contributed by atoms with Crippen LogP contribution in [0.25, 0.3) is 11.2 Å². The SMILES string of the molecule is Nc1cnc2oc(Cc3cccs3)nc2c1. The molecule has 0 radical (unpaired) electrons. The molecule has 3 aromatic heterocycles. The van der Waals surface area contributed by atoms with E-state index in [-0.39, 0.29) is 0 Å². The molecule has 0 amide bonds. The Morgan fingerprint density at radius 2 is 2.38 bits per heavy atom. The van der Waals surface area contributed by atoms with Gasteiger partial charge in [-0.15, -0.1) is 11.3 Å². The maximum absolute atomic E-state index is 5.63. The first-order valence-electron chi connectivity index (χ1n) is 4.84. The van der Waals surface area contributed by atoms with Crippen LogP contribution in [0.3, 0.4) is 0 Å². The second-order valence-electron chi connectivity index (χ2n) is 3.46. The van der Waals surface area contributed by atoms with E-state index in [4.69, 9.17) is 10.2 Å². The van der Waals surface area contributed by atoms with Gasteiger partial charge in [-0.3, -0.25) is 0 Å². The second-order valence-corrected chi connectivity index (χ2v) is 4.49. The number of hydrogen-bond acceptors (Lipinski definition) is 5. The van der Waals surface area contributed by atoms with Gasteiger partial charge in [-0.1, -0.05) is 6.07 Å². The van der Waals surface area contributed by atoms with Crippen molar-refractivity contribution in [3.8, 4) is 0 Å². The normalized spacial score (nSPS) is 11.0. The molecule has 16 heavy (non-hydrogen) atoms. The summed E-state index contributed by atoms with van der Waals surface area (Å²) >= 11 is 1.69. The molecule has 0 aromatic carbocycles. The summed E-state index contributed by atoms with van der Waals surface area (Å²) in [4.78, 5) is 9.65. The fourth-order valence-electron chi connectivity index (χ4n) is 1.52. The fraction of sp³-hybridized carbons (Fsp3) is 0.0909. The zero-order valence-electron chi connectivity index (χ0n) is 8.38. The van der Waals surface area contributed by atoms with E-state index < -0.39 is 0 Å². The van der Waals surface area contributed by atoms with Crippen LogP contribution < -0.4 is 5.73 Å². The predicted octanol–water partition coefficient (Wildman–Crippen LogP) is 2.46. The number of anilines is 1. The average Bonchev–Trinajstić information content (AvgIpc) is 2.86. The molecule has 2 N–H and O–H groups in total. The Bertz CT molecular complexity index is 615. The average molecular weight is 231 g/mol. The Balaban J connectivity index is 1.99. The summed E-state index contributed by atoms with van der Waals surface area (Å²) in [5, 5.41) is 2.04. The minimum absolute atomic E-state index is 0.542. The zero-order chi connectivity index (χ0) is 11.0. The first kappa shape index (κ1) is 9.35. The van der Waals surface area contributed by atoms with E-state index in [9.17, 15) is 0 Å². The molecule has 0 aliphatic heterocycles. The van der Waals surface area contributed by atoms with Crippen LogP contribution in [0.1, 0.15) is 10.8 Å². The highest BCUT2D eigenvalue weighted by atomic mass is 32.1. The number of thiophene rings is 1. The van der Waals surface area contributed by atoms with Gasteiger partial charge in [0.25, 0.3) is 0 Å². The van der Waals surface area contributed by atoms with Crippen LogP contribution in [0.4, 0.5) is 5.69 Å². The van der Waals surface area contributed by atoms with Crippen molar-refractivity contribution in [2.24, 2.45) is 0 Å². The van der Waals surface area contributed by atoms with E-state index in [0.717, 1.165) is 0 Å². The number of nitrogens with two attached hydrogens (primary N) is 1. The Morgan fingerprint density at radius 1 is 1.44 bits per heavy atom. The molecule has 0 saturated carbocycles. The van der Waals surface area contributed by atoms with Crippen LogP contribution in [-0.4, -0.2) is 9.97 Å². The van der Waals surface area contributed by atoms with Gasteiger partial charge < -0.3 is 10.2 Å². The van der Waals surface area contributed by atoms with Gasteiger partial charge in [-0.05, 0) is 17.5 Å². The highest BCUT2D eigenvalue weighted by molar-refractivity contribution is 7.09. The van der Waals surface area contributed by atoms with Crippen LogP contribution >= 0.6 is 11.3 Å². The van der Waals surface area contributed by atoms with Crippen molar-refractivity contribution < 1.29 is 4.42 Å². The summed E-state index contributed by atoms with van der Waals surface area (Å²) in [6.07, 6.45) is 2.27. The molecular formula is C11H9N3OS. The number of nitrogen functional groups attached to an aromatic ring is 1. The molecule has 80 valence electrons. The quantitative estimate of drug-likeness (QED) is 0.735. The Labute approximate surface area is 95.7 Å². The van der Waals surface area contributed by atoms with Crippen molar-refractivity contribution in [2.45, 2.75) is 6.42 Å². The summed E-state index contributed by atoms with van der Waals surface area (Å²) < 4.78 is 5.53. The van der Waals surface area contributed by atoms with Gasteiger partial charge in [-0.2, -0.15) is 0 Å². The largest absolute Gasteiger partial charge is 0.422 e. The maximum atomic E-state index is 5.63. The molecule has 4 nitrogen and oxygen atoms in total. The van der Waals surface area contributed by atoms with Gasteiger partial charge in [0.2, 0.25) is 11.6 Å². The fourth-order valence-corrected chi connectivity index (χ4v) is 2.22. The first-order valence-corrected chi connectivity index (χ1v) is 5.72. The zero-order valence-corrected chi connectivity index (χ0v) is 9.20. The Hall–Kier alpha value is -1.88. The molecule has 3 aromatic rings. The number of hydrogen-bond donors (Lipinski definition) is 1. The van der Waals surface area contributed by atoms with Crippen molar-refractivity contribution in [3.05, 3.63) is 40.5 Å². The van der Waals surface area contributed by atoms with Crippen LogP contribution in [0.2, 0.25) is 0 Å². The van der Waals surface area contributed by atoms with Gasteiger partial charge in [0.15, 0.2) is 0 Å². The van der Waals surface area contributed by atoms with Crippen molar-refractivity contribution in [1.29, 1.82) is 0 Å². The summed E-state index contributed by atoms with van der Waals surface area (Å²) in [6, 6.07) is 5.84. The molecule has 0 saturated heterocycles. The van der Waals surface area contributed by atoms with E-state index >= 15 is 0 Å². The molecule has 0 fully saturated rings. The monoisotopic (exact) mass is 231 g/mol. The van der Waals surface area contributed by atoms with Crippen molar-refractivity contribution in [2.75, 3.05) is 5.73 Å². The highest BCUT2D eigenvalue weighted by Gasteiger charge is 2.08. The first-order chi connectivity index (χ1) is 7.81. The lowest BCUT2D eigenvalue weighted by Gasteiger charge is -1.88. The summed E-state index contributed by atoms with van der Waals surface area (Å²) in [5.41, 5.74) is 7.48. The number of rotatable bonds is 2. The maximum Gasteiger partial charge on any atom is 0.247 e. The number of fused-ring (bicyclic) bond motifs is 1. The van der Waals surface area contributed by atoms with Crippen LogP contribution in [0.15, 0.2) is 34.2 Å². The molecule has 0 bridgehead atoms. The van der Waals surface area contributed by atoms with E-state index in [1.807, 2.05) is 11.4 Å². The topological polar surface area (TPSA) is 64.9 Å². The minimum atomic E-state index is 0.542. The summed E-state index contributed by atoms with van der Waals surface area (Å²) in [7, 11) is 0. The minimum Gasteiger partial charge on any atom is -0.422 e. The van der Waals surface area contributed by atoms with E-state index in [2.05, 4.69) is 16.0 Å². The number of oxazole rings is 1. The van der Waals surface area contributed by atoms with Crippen LogP contribution in [0.5, 0.6) is 0 Å². The predicted molar refractivity (Wildman–Crippen MR) is 63.3 cm³/mol. The molecule has 0 aliphatic rings. The lowest BCUT2D eigenvalue weighted by molar-refractivity contribution is 0.536. The summed E-state index contributed by atoms with van der Waals surface area (Å²) in [5.74, 6) is 0.676. The number of aromatic nitrogens is 2. The van der Waals surface area contributed by atoms with Gasteiger partial charge in [0.1, 0.15) is 5.52 Å². The molecule has 0 unspecified atom stereocenters. The molecule has 0 aliphatic carbocycles. The third-order valence-corrected chi connectivity index (χ3v) is 3.09. The Kier molecular flexibility index (Phi) is 2.11. The lowest BCUT2D eigenvalue weighted by atomic mass is 10.3. The summed E-state index contributed by atoms with van der Waals surface area (Å²) in [6.45, 7) is 0. The Morgan fingerprint density at radius 3 is 3.19 bits per heavy atom. The highest BCUT2D eigenvalue weighted by Crippen LogP contribution is 2.19. The smallest absolute Gasteiger partial charge is 0.247 e. The standard InChI is InChI=1S/C11H9N3OS/c12-7-4-9-11(13-6-7)15-10(14-9)5-8-2-1-3-16-8/h1-4,6H,5,12H2. The molecule has 0 spiro atoms. The number of nitrogens with zero attached hydrogens (tertiary/aromatic N) is 2. The number of pyridine rings is 1. The van der Waals surface area contributed by atoms with E-state index in [0.29, 0.717) is 29.2 Å². The molecule has 3 rings (SSSR count). The third kappa shape index (κ3) is 1.65. The van der Waals surface area contributed by atoms with Gasteiger partial charge in [-0.25, -0.2) is 9.97 Å². The van der Waals surface area contributed by atoms with Crippen LogP contribution in [-0.2, 0) is 6.42 Å². The van der Waals surface area contributed by atoms with Crippen molar-refractivity contribution >= 4 is 28.3 Å². The van der Waals surface area contributed by atoms with Crippen molar-refractivity contribution in [1.82, 2.24) is 9.97 Å². The van der Waals surface area contributed by atoms with Crippen molar-refractivity contribution in [3.63, 3.8) is 0 Å². The van der Waals surface area contributed by atoms with E-state index in [1.54, 1.807) is 23.6 Å². The molecule has 5 heteroatoms. The van der Waals surface area contributed by atoms with Gasteiger partial charge in [0.05, 0.1) is 18.3 Å². The van der Waals surface area contributed by atoms with Gasteiger partial charge in [0, 0.05) is 4.88 Å². The van der Waals surface area contributed by atoms with Crippen LogP contribution in [0, 0.1) is 0 Å². The molecule has 0 atom stereocenters. The molecule has 3 heterocycles.